The quantitative estimate of drug-likeness (QED) is 0.578. The van der Waals surface area contributed by atoms with Gasteiger partial charge in [0.1, 0.15) is 0 Å². The van der Waals surface area contributed by atoms with Gasteiger partial charge in [-0.25, -0.2) is 4.98 Å². The number of anilines is 1. The highest BCUT2D eigenvalue weighted by molar-refractivity contribution is 5.86. The van der Waals surface area contributed by atoms with Crippen molar-refractivity contribution in [3.05, 3.63) is 23.5 Å². The molecule has 0 aliphatic carbocycles. The molecule has 0 fully saturated rings. The Bertz CT molecular complexity index is 429. The number of benzene rings is 1. The Morgan fingerprint density at radius 2 is 2.17 bits per heavy atom. The highest BCUT2D eigenvalue weighted by Crippen LogP contribution is 2.23. The van der Waals surface area contributed by atoms with Crippen LogP contribution in [-0.2, 0) is 0 Å². The zero-order valence-electron chi connectivity index (χ0n) is 7.18. The van der Waals surface area contributed by atoms with Gasteiger partial charge in [-0.2, -0.15) is 0 Å². The van der Waals surface area contributed by atoms with Gasteiger partial charge < -0.3 is 10.7 Å². The summed E-state index contributed by atoms with van der Waals surface area (Å²) in [6.45, 7) is 4.01. The van der Waals surface area contributed by atoms with Crippen LogP contribution in [0.3, 0.4) is 0 Å². The Balaban J connectivity index is 2.97. The summed E-state index contributed by atoms with van der Waals surface area (Å²) in [6, 6.07) is 1.97. The van der Waals surface area contributed by atoms with Crippen molar-refractivity contribution in [3.8, 4) is 0 Å². The van der Waals surface area contributed by atoms with Crippen molar-refractivity contribution in [3.63, 3.8) is 0 Å². The molecule has 12 heavy (non-hydrogen) atoms. The molecule has 3 heteroatoms. The fourth-order valence-electron chi connectivity index (χ4n) is 1.43. The van der Waals surface area contributed by atoms with Crippen LogP contribution in [0.4, 0.5) is 5.69 Å². The second-order valence-electron chi connectivity index (χ2n) is 3.03. The normalized spacial score (nSPS) is 10.8. The van der Waals surface area contributed by atoms with Crippen LogP contribution in [0.15, 0.2) is 12.4 Å². The smallest absolute Gasteiger partial charge is 0.0934 e. The van der Waals surface area contributed by atoms with Crippen LogP contribution in [0.5, 0.6) is 0 Å². The number of nitrogens with zero attached hydrogens (tertiary/aromatic N) is 1. The van der Waals surface area contributed by atoms with Gasteiger partial charge in [0.05, 0.1) is 17.4 Å². The molecule has 3 N–H and O–H groups in total. The van der Waals surface area contributed by atoms with Crippen LogP contribution in [0.1, 0.15) is 11.1 Å². The SMILES string of the molecule is Cc1c(N)cc(C)c2[nH]cnc12. The molecule has 1 aromatic heterocycles. The van der Waals surface area contributed by atoms with Gasteiger partial charge in [-0.15, -0.1) is 0 Å². The molecule has 0 bridgehead atoms. The minimum Gasteiger partial charge on any atom is -0.398 e. The van der Waals surface area contributed by atoms with Gasteiger partial charge in [0.25, 0.3) is 0 Å². The van der Waals surface area contributed by atoms with Crippen LogP contribution in [0, 0.1) is 13.8 Å². The van der Waals surface area contributed by atoms with E-state index in [1.54, 1.807) is 6.33 Å². The second kappa shape index (κ2) is 2.24. The number of nitrogens with one attached hydrogen (secondary N) is 1. The predicted molar refractivity (Wildman–Crippen MR) is 50.0 cm³/mol. The van der Waals surface area contributed by atoms with Crippen molar-refractivity contribution in [2.75, 3.05) is 5.73 Å². The van der Waals surface area contributed by atoms with E-state index >= 15 is 0 Å². The molecule has 0 saturated carbocycles. The van der Waals surface area contributed by atoms with Crippen molar-refractivity contribution in [2.24, 2.45) is 0 Å². The minimum absolute atomic E-state index is 0.812. The molecular weight excluding hydrogens is 150 g/mol. The molecule has 1 heterocycles. The fraction of sp³-hybridized carbons (Fsp3) is 0.222. The number of nitrogen functional groups attached to an aromatic ring is 1. The first-order valence-corrected chi connectivity index (χ1v) is 3.89. The topological polar surface area (TPSA) is 54.7 Å². The Hall–Kier alpha value is -1.51. The zero-order valence-corrected chi connectivity index (χ0v) is 7.18. The summed E-state index contributed by atoms with van der Waals surface area (Å²) in [5.41, 5.74) is 10.9. The monoisotopic (exact) mass is 161 g/mol. The zero-order chi connectivity index (χ0) is 8.72. The van der Waals surface area contributed by atoms with Gasteiger partial charge in [-0.1, -0.05) is 0 Å². The third-order valence-corrected chi connectivity index (χ3v) is 2.19. The van der Waals surface area contributed by atoms with E-state index in [-0.39, 0.29) is 0 Å². The molecule has 0 aliphatic heterocycles. The number of imidazole rings is 1. The molecule has 0 spiro atoms. The number of H-pyrrole nitrogens is 1. The van der Waals surface area contributed by atoms with Gasteiger partial charge in [-0.05, 0) is 31.0 Å². The predicted octanol–water partition coefficient (Wildman–Crippen LogP) is 1.76. The molecule has 0 atom stereocenters. The van der Waals surface area contributed by atoms with Crippen LogP contribution in [0.2, 0.25) is 0 Å². The molecule has 2 rings (SSSR count). The Morgan fingerprint density at radius 1 is 1.42 bits per heavy atom. The van der Waals surface area contributed by atoms with Crippen LogP contribution in [0.25, 0.3) is 11.0 Å². The number of hydrogen-bond acceptors (Lipinski definition) is 2. The van der Waals surface area contributed by atoms with Crippen molar-refractivity contribution in [1.82, 2.24) is 9.97 Å². The Morgan fingerprint density at radius 3 is 2.92 bits per heavy atom. The molecule has 1 aromatic carbocycles. The maximum Gasteiger partial charge on any atom is 0.0934 e. The van der Waals surface area contributed by atoms with Gasteiger partial charge >= 0.3 is 0 Å². The van der Waals surface area contributed by atoms with Crippen molar-refractivity contribution < 1.29 is 0 Å². The van der Waals surface area contributed by atoms with E-state index in [9.17, 15) is 0 Å². The lowest BCUT2D eigenvalue weighted by Gasteiger charge is -2.02. The van der Waals surface area contributed by atoms with Crippen molar-refractivity contribution in [1.29, 1.82) is 0 Å². The maximum absolute atomic E-state index is 5.79. The second-order valence-corrected chi connectivity index (χ2v) is 3.03. The number of hydrogen-bond donors (Lipinski definition) is 2. The third kappa shape index (κ3) is 0.794. The number of rotatable bonds is 0. The number of nitrogens with two attached hydrogens (primary N) is 1. The first-order chi connectivity index (χ1) is 5.70. The number of aromatic nitrogens is 2. The van der Waals surface area contributed by atoms with Crippen LogP contribution in [-0.4, -0.2) is 9.97 Å². The van der Waals surface area contributed by atoms with E-state index < -0.39 is 0 Å². The van der Waals surface area contributed by atoms with E-state index in [0.29, 0.717) is 0 Å². The van der Waals surface area contributed by atoms with E-state index in [1.807, 2.05) is 19.9 Å². The van der Waals surface area contributed by atoms with Crippen LogP contribution < -0.4 is 5.73 Å². The summed E-state index contributed by atoms with van der Waals surface area (Å²) in [5.74, 6) is 0. The molecular formula is C9H11N3. The average Bonchev–Trinajstić information content (AvgIpc) is 2.48. The Kier molecular flexibility index (Phi) is 1.33. The van der Waals surface area contributed by atoms with Crippen molar-refractivity contribution >= 4 is 16.7 Å². The molecule has 3 nitrogen and oxygen atoms in total. The van der Waals surface area contributed by atoms with E-state index in [1.165, 1.54) is 0 Å². The lowest BCUT2D eigenvalue weighted by Crippen LogP contribution is -1.92. The van der Waals surface area contributed by atoms with E-state index in [0.717, 1.165) is 27.8 Å². The van der Waals surface area contributed by atoms with E-state index in [2.05, 4.69) is 9.97 Å². The molecule has 2 aromatic rings. The lowest BCUT2D eigenvalue weighted by atomic mass is 10.1. The first-order valence-electron chi connectivity index (χ1n) is 3.89. The maximum atomic E-state index is 5.79. The Labute approximate surface area is 70.6 Å². The number of fused-ring (bicyclic) bond motifs is 1. The summed E-state index contributed by atoms with van der Waals surface area (Å²) in [5, 5.41) is 0. The first kappa shape index (κ1) is 7.16. The minimum atomic E-state index is 0.812. The van der Waals surface area contributed by atoms with Gasteiger partial charge in [0.15, 0.2) is 0 Å². The standard InChI is InChI=1S/C9H11N3/c1-5-3-7(10)6(2)9-8(5)11-4-12-9/h3-4H,10H2,1-2H3,(H,11,12). The highest BCUT2D eigenvalue weighted by Gasteiger charge is 2.05. The summed E-state index contributed by atoms with van der Waals surface area (Å²) in [4.78, 5) is 7.29. The van der Waals surface area contributed by atoms with Gasteiger partial charge in [0.2, 0.25) is 0 Å². The molecule has 0 aliphatic rings. The largest absolute Gasteiger partial charge is 0.398 e. The summed E-state index contributed by atoms with van der Waals surface area (Å²) >= 11 is 0. The summed E-state index contributed by atoms with van der Waals surface area (Å²) < 4.78 is 0. The van der Waals surface area contributed by atoms with Gasteiger partial charge in [0, 0.05) is 5.69 Å². The molecule has 0 saturated heterocycles. The molecule has 62 valence electrons. The third-order valence-electron chi connectivity index (χ3n) is 2.19. The number of aryl methyl sites for hydroxylation is 2. The molecule has 0 radical (unpaired) electrons. The summed E-state index contributed by atoms with van der Waals surface area (Å²) in [7, 11) is 0. The average molecular weight is 161 g/mol. The van der Waals surface area contributed by atoms with Crippen molar-refractivity contribution in [2.45, 2.75) is 13.8 Å². The van der Waals surface area contributed by atoms with E-state index in [4.69, 9.17) is 5.73 Å². The van der Waals surface area contributed by atoms with Gasteiger partial charge in [-0.3, -0.25) is 0 Å². The molecule has 0 unspecified atom stereocenters. The number of aromatic amines is 1. The summed E-state index contributed by atoms with van der Waals surface area (Å²) in [6.07, 6.45) is 1.70. The molecule has 0 amide bonds. The van der Waals surface area contributed by atoms with Crippen LogP contribution >= 0.6 is 0 Å². The fourth-order valence-corrected chi connectivity index (χ4v) is 1.43. The highest BCUT2D eigenvalue weighted by atomic mass is 14.9. The lowest BCUT2D eigenvalue weighted by molar-refractivity contribution is 1.33.